The summed E-state index contributed by atoms with van der Waals surface area (Å²) in [6.07, 6.45) is 0. The van der Waals surface area contributed by atoms with Crippen LogP contribution in [0, 0.1) is 6.92 Å². The molecule has 0 fully saturated rings. The standard InChI is InChI=1S/C12H16ClNO3/c1-9-6-10(8-11(13)7-9)12(16)14-2-4-17-5-3-15/h6-8,15H,2-5H2,1H3,(H,14,16). The number of hydrogen-bond donors (Lipinski definition) is 2. The van der Waals surface area contributed by atoms with Crippen molar-refractivity contribution in [3.63, 3.8) is 0 Å². The van der Waals surface area contributed by atoms with Crippen LogP contribution >= 0.6 is 11.6 Å². The number of nitrogens with one attached hydrogen (secondary N) is 1. The van der Waals surface area contributed by atoms with E-state index in [1.165, 1.54) is 0 Å². The van der Waals surface area contributed by atoms with Gasteiger partial charge in [0, 0.05) is 17.1 Å². The first-order valence-corrected chi connectivity index (χ1v) is 5.75. The lowest BCUT2D eigenvalue weighted by Crippen LogP contribution is -2.27. The first-order chi connectivity index (χ1) is 8.13. The van der Waals surface area contributed by atoms with Crippen molar-refractivity contribution in [2.45, 2.75) is 6.92 Å². The van der Waals surface area contributed by atoms with Crippen molar-refractivity contribution in [1.29, 1.82) is 0 Å². The number of amides is 1. The van der Waals surface area contributed by atoms with Gasteiger partial charge in [0.15, 0.2) is 0 Å². The molecule has 1 rings (SSSR count). The highest BCUT2D eigenvalue weighted by atomic mass is 35.5. The molecule has 5 heteroatoms. The summed E-state index contributed by atoms with van der Waals surface area (Å²) in [6.45, 7) is 2.94. The van der Waals surface area contributed by atoms with Crippen LogP contribution in [0.3, 0.4) is 0 Å². The van der Waals surface area contributed by atoms with Gasteiger partial charge < -0.3 is 15.2 Å². The average Bonchev–Trinajstić information content (AvgIpc) is 2.27. The summed E-state index contributed by atoms with van der Waals surface area (Å²) in [5.74, 6) is -0.178. The summed E-state index contributed by atoms with van der Waals surface area (Å²) in [7, 11) is 0. The van der Waals surface area contributed by atoms with Crippen molar-refractivity contribution < 1.29 is 14.6 Å². The summed E-state index contributed by atoms with van der Waals surface area (Å²) in [6, 6.07) is 5.19. The summed E-state index contributed by atoms with van der Waals surface area (Å²) in [5, 5.41) is 11.7. The van der Waals surface area contributed by atoms with Gasteiger partial charge in [0.05, 0.1) is 19.8 Å². The van der Waals surface area contributed by atoms with Crippen molar-refractivity contribution in [3.05, 3.63) is 34.3 Å². The highest BCUT2D eigenvalue weighted by Crippen LogP contribution is 2.14. The molecule has 0 aliphatic heterocycles. The number of carbonyl (C=O) groups is 1. The smallest absolute Gasteiger partial charge is 0.251 e. The number of rotatable bonds is 6. The first kappa shape index (κ1) is 14.0. The van der Waals surface area contributed by atoms with Crippen LogP contribution in [0.2, 0.25) is 5.02 Å². The monoisotopic (exact) mass is 257 g/mol. The Bertz CT molecular complexity index is 362. The average molecular weight is 258 g/mol. The number of hydrogen-bond acceptors (Lipinski definition) is 3. The highest BCUT2D eigenvalue weighted by Gasteiger charge is 2.06. The van der Waals surface area contributed by atoms with Crippen LogP contribution in [-0.2, 0) is 4.74 Å². The highest BCUT2D eigenvalue weighted by molar-refractivity contribution is 6.31. The van der Waals surface area contributed by atoms with Gasteiger partial charge in [-0.15, -0.1) is 0 Å². The fourth-order valence-corrected chi connectivity index (χ4v) is 1.66. The molecule has 0 bridgehead atoms. The van der Waals surface area contributed by atoms with E-state index in [0.29, 0.717) is 23.7 Å². The van der Waals surface area contributed by atoms with Crippen molar-refractivity contribution >= 4 is 17.5 Å². The molecule has 17 heavy (non-hydrogen) atoms. The number of carbonyl (C=O) groups excluding carboxylic acids is 1. The third kappa shape index (κ3) is 5.17. The van der Waals surface area contributed by atoms with Gasteiger partial charge in [-0.05, 0) is 30.7 Å². The Morgan fingerprint density at radius 2 is 2.18 bits per heavy atom. The fraction of sp³-hybridized carbons (Fsp3) is 0.417. The maximum atomic E-state index is 11.7. The molecule has 2 N–H and O–H groups in total. The zero-order chi connectivity index (χ0) is 12.7. The first-order valence-electron chi connectivity index (χ1n) is 5.37. The number of halogens is 1. The van der Waals surface area contributed by atoms with Gasteiger partial charge >= 0.3 is 0 Å². The van der Waals surface area contributed by atoms with Gasteiger partial charge in [0.25, 0.3) is 5.91 Å². The predicted octanol–water partition coefficient (Wildman–Crippen LogP) is 1.39. The molecule has 0 heterocycles. The normalized spacial score (nSPS) is 10.3. The largest absolute Gasteiger partial charge is 0.394 e. The molecule has 0 radical (unpaired) electrons. The molecular formula is C12H16ClNO3. The molecule has 94 valence electrons. The molecule has 1 aromatic carbocycles. The minimum atomic E-state index is -0.178. The van der Waals surface area contributed by atoms with Crippen molar-refractivity contribution in [3.8, 4) is 0 Å². The van der Waals surface area contributed by atoms with Crippen LogP contribution < -0.4 is 5.32 Å². The molecule has 1 aromatic rings. The van der Waals surface area contributed by atoms with E-state index < -0.39 is 0 Å². The predicted molar refractivity (Wildman–Crippen MR) is 66.4 cm³/mol. The van der Waals surface area contributed by atoms with Gasteiger partial charge in [-0.1, -0.05) is 11.6 Å². The minimum Gasteiger partial charge on any atom is -0.394 e. The van der Waals surface area contributed by atoms with E-state index in [1.54, 1.807) is 18.2 Å². The lowest BCUT2D eigenvalue weighted by Gasteiger charge is -2.06. The second-order valence-corrected chi connectivity index (χ2v) is 4.05. The Labute approximate surface area is 106 Å². The Kier molecular flexibility index (Phi) is 5.97. The van der Waals surface area contributed by atoms with Crippen molar-refractivity contribution in [2.24, 2.45) is 0 Å². The van der Waals surface area contributed by atoms with E-state index in [0.717, 1.165) is 5.56 Å². The zero-order valence-electron chi connectivity index (χ0n) is 9.70. The second kappa shape index (κ2) is 7.27. The summed E-state index contributed by atoms with van der Waals surface area (Å²) >= 11 is 5.86. The van der Waals surface area contributed by atoms with Crippen LogP contribution in [-0.4, -0.2) is 37.4 Å². The van der Waals surface area contributed by atoms with Crippen LogP contribution in [0.4, 0.5) is 0 Å². The summed E-state index contributed by atoms with van der Waals surface area (Å²) in [5.41, 5.74) is 1.48. The third-order valence-corrected chi connectivity index (χ3v) is 2.29. The van der Waals surface area contributed by atoms with Crippen LogP contribution in [0.15, 0.2) is 18.2 Å². The Morgan fingerprint density at radius 3 is 2.82 bits per heavy atom. The number of ether oxygens (including phenoxy) is 1. The van der Waals surface area contributed by atoms with Gasteiger partial charge in [0.2, 0.25) is 0 Å². The third-order valence-electron chi connectivity index (χ3n) is 2.07. The Morgan fingerprint density at radius 1 is 1.41 bits per heavy atom. The molecular weight excluding hydrogens is 242 g/mol. The van der Waals surface area contributed by atoms with Crippen LogP contribution in [0.5, 0.6) is 0 Å². The van der Waals surface area contributed by atoms with Crippen LogP contribution in [0.25, 0.3) is 0 Å². The van der Waals surface area contributed by atoms with E-state index in [4.69, 9.17) is 21.4 Å². The van der Waals surface area contributed by atoms with Gasteiger partial charge in [-0.3, -0.25) is 4.79 Å². The lowest BCUT2D eigenvalue weighted by atomic mass is 10.1. The maximum absolute atomic E-state index is 11.7. The quantitative estimate of drug-likeness (QED) is 0.757. The maximum Gasteiger partial charge on any atom is 0.251 e. The Balaban J connectivity index is 2.41. The molecule has 0 saturated carbocycles. The number of aryl methyl sites for hydroxylation is 1. The molecule has 4 nitrogen and oxygen atoms in total. The van der Waals surface area contributed by atoms with E-state index in [-0.39, 0.29) is 19.1 Å². The number of aliphatic hydroxyl groups excluding tert-OH is 1. The number of benzene rings is 1. The molecule has 0 unspecified atom stereocenters. The second-order valence-electron chi connectivity index (χ2n) is 3.61. The molecule has 0 aliphatic rings. The SMILES string of the molecule is Cc1cc(Cl)cc(C(=O)NCCOCCO)c1. The van der Waals surface area contributed by atoms with Crippen molar-refractivity contribution in [2.75, 3.05) is 26.4 Å². The van der Waals surface area contributed by atoms with Gasteiger partial charge in [-0.25, -0.2) is 0 Å². The number of aliphatic hydroxyl groups is 1. The van der Waals surface area contributed by atoms with E-state index in [1.807, 2.05) is 6.92 Å². The van der Waals surface area contributed by atoms with Gasteiger partial charge in [-0.2, -0.15) is 0 Å². The van der Waals surface area contributed by atoms with E-state index in [2.05, 4.69) is 5.32 Å². The minimum absolute atomic E-state index is 0.0125. The van der Waals surface area contributed by atoms with E-state index in [9.17, 15) is 4.79 Å². The van der Waals surface area contributed by atoms with Gasteiger partial charge in [0.1, 0.15) is 0 Å². The summed E-state index contributed by atoms with van der Waals surface area (Å²) < 4.78 is 5.03. The molecule has 1 amide bonds. The van der Waals surface area contributed by atoms with Crippen molar-refractivity contribution in [1.82, 2.24) is 5.32 Å². The molecule has 0 aliphatic carbocycles. The zero-order valence-corrected chi connectivity index (χ0v) is 10.5. The van der Waals surface area contributed by atoms with Crippen LogP contribution in [0.1, 0.15) is 15.9 Å². The summed E-state index contributed by atoms with van der Waals surface area (Å²) in [4.78, 5) is 11.7. The lowest BCUT2D eigenvalue weighted by molar-refractivity contribution is 0.0838. The molecule has 0 saturated heterocycles. The van der Waals surface area contributed by atoms with E-state index >= 15 is 0 Å². The molecule has 0 spiro atoms. The molecule has 0 aromatic heterocycles. The Hall–Kier alpha value is -1.10. The topological polar surface area (TPSA) is 58.6 Å². The fourth-order valence-electron chi connectivity index (χ4n) is 1.37. The molecule has 0 atom stereocenters.